The van der Waals surface area contributed by atoms with Crippen molar-refractivity contribution >= 4 is 22.6 Å². The van der Waals surface area contributed by atoms with Crippen LogP contribution in [0, 0.1) is 0 Å². The Kier molecular flexibility index (Phi) is 6.04. The first-order valence-electron chi connectivity index (χ1n) is 11.4. The standard InChI is InChI=1S/C24H27FN6O2/c25-8-7-21-24(33)29-22-13-16(1-5-19(22)28-21)15-30-9-11-31(12-10-30)18-4-6-20(26-14-18)23(32)27-17-2-3-17/h1,4-6,13-14,17H,2-3,7-12,15H2,(H,27,32)(H,29,33). The van der Waals surface area contributed by atoms with Gasteiger partial charge in [0.25, 0.3) is 11.5 Å². The van der Waals surface area contributed by atoms with Crippen molar-refractivity contribution in [2.75, 3.05) is 37.8 Å². The number of amides is 1. The van der Waals surface area contributed by atoms with Gasteiger partial charge in [0.05, 0.1) is 29.6 Å². The van der Waals surface area contributed by atoms with E-state index in [2.05, 4.69) is 30.1 Å². The number of rotatable bonds is 7. The van der Waals surface area contributed by atoms with Crippen molar-refractivity contribution in [2.24, 2.45) is 0 Å². The SMILES string of the molecule is O=C(NC1CC1)c1ccc(N2CCN(Cc3ccc4nc(CCF)c(=O)[nH]c4c3)CC2)cn1. The van der Waals surface area contributed by atoms with Gasteiger partial charge >= 0.3 is 0 Å². The molecule has 2 aromatic heterocycles. The molecule has 1 aromatic carbocycles. The van der Waals surface area contributed by atoms with Crippen molar-refractivity contribution < 1.29 is 9.18 Å². The minimum absolute atomic E-state index is 0.0310. The fourth-order valence-corrected chi connectivity index (χ4v) is 4.15. The van der Waals surface area contributed by atoms with Gasteiger partial charge in [0, 0.05) is 45.2 Å². The number of alkyl halides is 1. The lowest BCUT2D eigenvalue weighted by atomic mass is 10.1. The summed E-state index contributed by atoms with van der Waals surface area (Å²) in [6.45, 7) is 3.71. The van der Waals surface area contributed by atoms with E-state index in [-0.39, 0.29) is 23.6 Å². The number of nitrogens with one attached hydrogen (secondary N) is 2. The van der Waals surface area contributed by atoms with Crippen molar-refractivity contribution in [3.63, 3.8) is 0 Å². The van der Waals surface area contributed by atoms with Crippen LogP contribution in [0.3, 0.4) is 0 Å². The highest BCUT2D eigenvalue weighted by atomic mass is 19.1. The molecule has 3 heterocycles. The van der Waals surface area contributed by atoms with Crippen LogP contribution in [0.4, 0.5) is 10.1 Å². The molecule has 2 aliphatic rings. The monoisotopic (exact) mass is 450 g/mol. The van der Waals surface area contributed by atoms with Gasteiger partial charge in [-0.3, -0.25) is 18.9 Å². The van der Waals surface area contributed by atoms with Gasteiger partial charge in [-0.1, -0.05) is 6.07 Å². The van der Waals surface area contributed by atoms with Gasteiger partial charge in [0.2, 0.25) is 0 Å². The molecule has 8 nitrogen and oxygen atoms in total. The van der Waals surface area contributed by atoms with Crippen molar-refractivity contribution in [2.45, 2.75) is 31.8 Å². The molecule has 0 radical (unpaired) electrons. The molecule has 172 valence electrons. The van der Waals surface area contributed by atoms with Crippen LogP contribution in [0.5, 0.6) is 0 Å². The Bertz CT molecular complexity index is 1200. The molecule has 5 rings (SSSR count). The third kappa shape index (κ3) is 5.03. The zero-order valence-electron chi connectivity index (χ0n) is 18.4. The third-order valence-corrected chi connectivity index (χ3v) is 6.19. The second-order valence-electron chi connectivity index (χ2n) is 8.72. The van der Waals surface area contributed by atoms with Gasteiger partial charge in [-0.05, 0) is 42.7 Å². The Morgan fingerprint density at radius 2 is 1.97 bits per heavy atom. The fourth-order valence-electron chi connectivity index (χ4n) is 4.15. The molecule has 9 heteroatoms. The molecular weight excluding hydrogens is 423 g/mol. The predicted octanol–water partition coefficient (Wildman–Crippen LogP) is 2.04. The topological polar surface area (TPSA) is 94.2 Å². The quantitative estimate of drug-likeness (QED) is 0.572. The summed E-state index contributed by atoms with van der Waals surface area (Å²) < 4.78 is 12.6. The number of benzene rings is 1. The van der Waals surface area contributed by atoms with E-state index < -0.39 is 6.67 Å². The zero-order chi connectivity index (χ0) is 22.8. The number of H-pyrrole nitrogens is 1. The first kappa shape index (κ1) is 21.5. The second kappa shape index (κ2) is 9.27. The zero-order valence-corrected chi connectivity index (χ0v) is 18.4. The van der Waals surface area contributed by atoms with Crippen molar-refractivity contribution in [3.8, 4) is 0 Å². The molecule has 1 saturated heterocycles. The summed E-state index contributed by atoms with van der Waals surface area (Å²) in [5, 5.41) is 2.96. The lowest BCUT2D eigenvalue weighted by molar-refractivity contribution is 0.0946. The van der Waals surface area contributed by atoms with E-state index in [1.54, 1.807) is 12.3 Å². The normalized spacial score (nSPS) is 16.8. The van der Waals surface area contributed by atoms with Crippen molar-refractivity contribution in [1.82, 2.24) is 25.2 Å². The van der Waals surface area contributed by atoms with Crippen LogP contribution in [0.2, 0.25) is 0 Å². The van der Waals surface area contributed by atoms with Crippen LogP contribution in [-0.2, 0) is 13.0 Å². The summed E-state index contributed by atoms with van der Waals surface area (Å²) in [6.07, 6.45) is 3.93. The highest BCUT2D eigenvalue weighted by Gasteiger charge is 2.24. The largest absolute Gasteiger partial charge is 0.368 e. The maximum absolute atomic E-state index is 12.6. The summed E-state index contributed by atoms with van der Waals surface area (Å²) in [5.41, 5.74) is 3.85. The van der Waals surface area contributed by atoms with Gasteiger partial charge in [0.15, 0.2) is 0 Å². The number of piperazine rings is 1. The minimum atomic E-state index is -0.596. The maximum atomic E-state index is 12.6. The van der Waals surface area contributed by atoms with E-state index in [1.165, 1.54) is 0 Å². The fraction of sp³-hybridized carbons (Fsp3) is 0.417. The summed E-state index contributed by atoms with van der Waals surface area (Å²) in [7, 11) is 0. The average Bonchev–Trinajstić information content (AvgIpc) is 3.64. The summed E-state index contributed by atoms with van der Waals surface area (Å²) in [4.78, 5) is 40.3. The summed E-state index contributed by atoms with van der Waals surface area (Å²) in [6, 6.07) is 9.92. The number of pyridine rings is 1. The lowest BCUT2D eigenvalue weighted by Crippen LogP contribution is -2.46. The molecule has 0 bridgehead atoms. The Morgan fingerprint density at radius 1 is 1.15 bits per heavy atom. The molecule has 2 N–H and O–H groups in total. The van der Waals surface area contributed by atoms with Gasteiger partial charge in [-0.15, -0.1) is 0 Å². The van der Waals surface area contributed by atoms with Crippen LogP contribution < -0.4 is 15.8 Å². The van der Waals surface area contributed by atoms with E-state index in [0.717, 1.165) is 56.8 Å². The molecule has 33 heavy (non-hydrogen) atoms. The number of carbonyl (C=O) groups excluding carboxylic acids is 1. The third-order valence-electron chi connectivity index (χ3n) is 6.19. The van der Waals surface area contributed by atoms with Gasteiger partial charge in [-0.25, -0.2) is 9.97 Å². The highest BCUT2D eigenvalue weighted by Crippen LogP contribution is 2.21. The molecule has 1 saturated carbocycles. The number of fused-ring (bicyclic) bond motifs is 1. The number of halogens is 1. The van der Waals surface area contributed by atoms with E-state index in [9.17, 15) is 14.0 Å². The smallest absolute Gasteiger partial charge is 0.270 e. The van der Waals surface area contributed by atoms with Gasteiger partial charge in [0.1, 0.15) is 11.4 Å². The summed E-state index contributed by atoms with van der Waals surface area (Å²) in [5.74, 6) is -0.0977. The van der Waals surface area contributed by atoms with Crippen LogP contribution in [0.25, 0.3) is 11.0 Å². The number of anilines is 1. The minimum Gasteiger partial charge on any atom is -0.368 e. The molecule has 2 fully saturated rings. The number of hydrogen-bond acceptors (Lipinski definition) is 6. The van der Waals surface area contributed by atoms with E-state index >= 15 is 0 Å². The van der Waals surface area contributed by atoms with E-state index in [1.807, 2.05) is 24.3 Å². The molecule has 1 amide bonds. The first-order valence-corrected chi connectivity index (χ1v) is 11.4. The Balaban J connectivity index is 1.18. The van der Waals surface area contributed by atoms with Crippen LogP contribution in [0.15, 0.2) is 41.3 Å². The Hall–Kier alpha value is -3.33. The number of aromatic amines is 1. The summed E-state index contributed by atoms with van der Waals surface area (Å²) >= 11 is 0. The van der Waals surface area contributed by atoms with Crippen LogP contribution in [0.1, 0.15) is 34.6 Å². The van der Waals surface area contributed by atoms with Crippen LogP contribution in [-0.4, -0.2) is 64.7 Å². The number of hydrogen-bond donors (Lipinski definition) is 2. The lowest BCUT2D eigenvalue weighted by Gasteiger charge is -2.36. The van der Waals surface area contributed by atoms with Gasteiger partial charge < -0.3 is 15.2 Å². The molecule has 1 aliphatic carbocycles. The molecular formula is C24H27FN6O2. The Labute approximate surface area is 190 Å². The second-order valence-corrected chi connectivity index (χ2v) is 8.72. The van der Waals surface area contributed by atoms with Crippen molar-refractivity contribution in [1.29, 1.82) is 0 Å². The molecule has 0 spiro atoms. The highest BCUT2D eigenvalue weighted by molar-refractivity contribution is 5.92. The molecule has 1 aliphatic heterocycles. The number of nitrogens with zero attached hydrogens (tertiary/aromatic N) is 4. The number of aromatic nitrogens is 3. The molecule has 0 atom stereocenters. The Morgan fingerprint density at radius 3 is 2.67 bits per heavy atom. The molecule has 3 aromatic rings. The predicted molar refractivity (Wildman–Crippen MR) is 124 cm³/mol. The number of aryl methyl sites for hydroxylation is 1. The average molecular weight is 451 g/mol. The molecule has 0 unspecified atom stereocenters. The van der Waals surface area contributed by atoms with Crippen molar-refractivity contribution in [3.05, 3.63) is 63.8 Å². The maximum Gasteiger partial charge on any atom is 0.270 e. The van der Waals surface area contributed by atoms with E-state index in [0.29, 0.717) is 22.8 Å². The number of carbonyl (C=O) groups is 1. The van der Waals surface area contributed by atoms with Gasteiger partial charge in [-0.2, -0.15) is 0 Å². The first-order chi connectivity index (χ1) is 16.1. The van der Waals surface area contributed by atoms with E-state index in [4.69, 9.17) is 0 Å². The van der Waals surface area contributed by atoms with Crippen LogP contribution >= 0.6 is 0 Å².